The summed E-state index contributed by atoms with van der Waals surface area (Å²) in [5.41, 5.74) is 3.31. The van der Waals surface area contributed by atoms with Crippen molar-refractivity contribution in [3.63, 3.8) is 0 Å². The lowest BCUT2D eigenvalue weighted by molar-refractivity contribution is -0.157. The van der Waals surface area contributed by atoms with E-state index < -0.39 is 17.4 Å². The molecule has 8 heteroatoms. The number of esters is 2. The maximum Gasteiger partial charge on any atom is 0.324 e. The third-order valence-corrected chi connectivity index (χ3v) is 6.88. The van der Waals surface area contributed by atoms with Gasteiger partial charge in [-0.25, -0.2) is 4.98 Å². The molecule has 0 radical (unpaired) electrons. The summed E-state index contributed by atoms with van der Waals surface area (Å²) in [6.07, 6.45) is 0.691. The second-order valence-electron chi connectivity index (χ2n) is 8.83. The summed E-state index contributed by atoms with van der Waals surface area (Å²) in [7, 11) is 0. The maximum absolute atomic E-state index is 13.6. The van der Waals surface area contributed by atoms with Gasteiger partial charge in [0.1, 0.15) is 24.4 Å². The molecule has 0 amide bonds. The third-order valence-electron chi connectivity index (χ3n) is 6.88. The van der Waals surface area contributed by atoms with Crippen molar-refractivity contribution in [3.05, 3.63) is 69.0 Å². The number of aryl methyl sites for hydroxylation is 1. The molecule has 34 heavy (non-hydrogen) atoms. The summed E-state index contributed by atoms with van der Waals surface area (Å²) in [5, 5.41) is 10.9. The van der Waals surface area contributed by atoms with Gasteiger partial charge in [0.2, 0.25) is 0 Å². The SMILES string of the molecule is C=C(C)[C@@]1(COC(C)=O)C(=O)OCc2c1cc1n(c2=O)Cc2c-1nc1ccc(O)cc1c2CC. The van der Waals surface area contributed by atoms with Gasteiger partial charge in [-0.3, -0.25) is 14.4 Å². The van der Waals surface area contributed by atoms with Crippen molar-refractivity contribution in [2.24, 2.45) is 0 Å². The highest BCUT2D eigenvalue weighted by atomic mass is 16.6. The van der Waals surface area contributed by atoms with E-state index in [-0.39, 0.29) is 24.5 Å². The van der Waals surface area contributed by atoms with Crippen molar-refractivity contribution >= 4 is 22.8 Å². The quantitative estimate of drug-likeness (QED) is 0.368. The van der Waals surface area contributed by atoms with Gasteiger partial charge in [-0.05, 0) is 48.7 Å². The fourth-order valence-electron chi connectivity index (χ4n) is 5.11. The van der Waals surface area contributed by atoms with Crippen LogP contribution in [-0.2, 0) is 44.1 Å². The van der Waals surface area contributed by atoms with Crippen molar-refractivity contribution in [1.29, 1.82) is 0 Å². The largest absolute Gasteiger partial charge is 0.508 e. The number of hydrogen-bond donors (Lipinski definition) is 1. The van der Waals surface area contributed by atoms with Crippen molar-refractivity contribution < 1.29 is 24.2 Å². The number of fused-ring (bicyclic) bond motifs is 5. The lowest BCUT2D eigenvalue weighted by atomic mass is 9.72. The number of benzene rings is 1. The number of ether oxygens (including phenoxy) is 2. The molecular weight excluding hydrogens is 436 g/mol. The number of phenolic OH excluding ortho intramolecular Hbond substituents is 1. The van der Waals surface area contributed by atoms with E-state index in [1.165, 1.54) is 6.92 Å². The van der Waals surface area contributed by atoms with Crippen LogP contribution in [-0.4, -0.2) is 33.2 Å². The number of rotatable bonds is 4. The van der Waals surface area contributed by atoms with Crippen molar-refractivity contribution in [1.82, 2.24) is 9.55 Å². The summed E-state index contributed by atoms with van der Waals surface area (Å²) in [6.45, 7) is 8.78. The molecule has 0 spiro atoms. The Morgan fingerprint density at radius 3 is 2.71 bits per heavy atom. The van der Waals surface area contributed by atoms with E-state index in [4.69, 9.17) is 14.5 Å². The number of aromatic hydroxyl groups is 1. The number of carbonyl (C=O) groups excluding carboxylic acids is 2. The molecule has 2 aliphatic heterocycles. The van der Waals surface area contributed by atoms with Crippen molar-refractivity contribution in [2.45, 2.75) is 45.8 Å². The normalized spacial score (nSPS) is 18.1. The van der Waals surface area contributed by atoms with Crippen LogP contribution in [0.15, 0.2) is 41.2 Å². The first-order valence-corrected chi connectivity index (χ1v) is 11.1. The van der Waals surface area contributed by atoms with Gasteiger partial charge in [0, 0.05) is 17.9 Å². The molecule has 1 aromatic carbocycles. The average Bonchev–Trinajstić information content (AvgIpc) is 3.15. The zero-order valence-corrected chi connectivity index (χ0v) is 19.2. The lowest BCUT2D eigenvalue weighted by Crippen LogP contribution is -2.48. The van der Waals surface area contributed by atoms with Gasteiger partial charge >= 0.3 is 11.9 Å². The molecular formula is C26H24N2O6. The van der Waals surface area contributed by atoms with Gasteiger partial charge in [0.05, 0.1) is 29.0 Å². The van der Waals surface area contributed by atoms with Crippen molar-refractivity contribution in [3.8, 4) is 17.1 Å². The Labute approximate surface area is 195 Å². The van der Waals surface area contributed by atoms with Gasteiger partial charge in [-0.15, -0.1) is 0 Å². The molecule has 3 aromatic rings. The molecule has 0 aliphatic carbocycles. The van der Waals surface area contributed by atoms with E-state index in [0.29, 0.717) is 46.6 Å². The number of cyclic esters (lactones) is 1. The molecule has 0 unspecified atom stereocenters. The first-order valence-electron chi connectivity index (χ1n) is 11.1. The zero-order valence-electron chi connectivity index (χ0n) is 19.2. The van der Waals surface area contributed by atoms with E-state index in [2.05, 4.69) is 6.58 Å². The number of pyridine rings is 2. The molecule has 8 nitrogen and oxygen atoms in total. The lowest BCUT2D eigenvalue weighted by Gasteiger charge is -2.36. The van der Waals surface area contributed by atoms with Crippen LogP contribution >= 0.6 is 0 Å². The summed E-state index contributed by atoms with van der Waals surface area (Å²) >= 11 is 0. The minimum atomic E-state index is -1.48. The van der Waals surface area contributed by atoms with Crippen LogP contribution < -0.4 is 5.56 Å². The molecule has 5 rings (SSSR count). The van der Waals surface area contributed by atoms with Crippen LogP contribution in [0.2, 0.25) is 0 Å². The van der Waals surface area contributed by atoms with Gasteiger partial charge < -0.3 is 19.1 Å². The Morgan fingerprint density at radius 1 is 1.26 bits per heavy atom. The van der Waals surface area contributed by atoms with Crippen LogP contribution in [0.4, 0.5) is 0 Å². The minimum absolute atomic E-state index is 0.152. The predicted molar refractivity (Wildman–Crippen MR) is 125 cm³/mol. The van der Waals surface area contributed by atoms with Crippen LogP contribution in [0.25, 0.3) is 22.3 Å². The summed E-state index contributed by atoms with van der Waals surface area (Å²) in [4.78, 5) is 43.2. The molecule has 1 N–H and O–H groups in total. The summed E-state index contributed by atoms with van der Waals surface area (Å²) in [6, 6.07) is 6.81. The smallest absolute Gasteiger partial charge is 0.324 e. The molecule has 0 saturated heterocycles. The Kier molecular flexibility index (Phi) is 4.86. The van der Waals surface area contributed by atoms with Crippen LogP contribution in [0.1, 0.15) is 43.0 Å². The topological polar surface area (TPSA) is 108 Å². The predicted octanol–water partition coefficient (Wildman–Crippen LogP) is 3.13. The van der Waals surface area contributed by atoms with Gasteiger partial charge in [-0.2, -0.15) is 0 Å². The highest BCUT2D eigenvalue weighted by Gasteiger charge is 2.50. The second-order valence-corrected chi connectivity index (χ2v) is 8.83. The second kappa shape index (κ2) is 7.55. The Morgan fingerprint density at radius 2 is 2.03 bits per heavy atom. The summed E-state index contributed by atoms with van der Waals surface area (Å²) < 4.78 is 12.3. The van der Waals surface area contributed by atoms with Gasteiger partial charge in [0.15, 0.2) is 0 Å². The van der Waals surface area contributed by atoms with Crippen molar-refractivity contribution in [2.75, 3.05) is 6.61 Å². The molecule has 0 fully saturated rings. The Hall–Kier alpha value is -3.94. The molecule has 1 atom stereocenters. The number of carbonyl (C=O) groups is 2. The monoisotopic (exact) mass is 460 g/mol. The number of phenols is 1. The number of hydrogen-bond acceptors (Lipinski definition) is 7. The molecule has 0 saturated carbocycles. The Balaban J connectivity index is 1.81. The van der Waals surface area contributed by atoms with E-state index in [0.717, 1.165) is 16.5 Å². The molecule has 2 aliphatic rings. The van der Waals surface area contributed by atoms with E-state index in [9.17, 15) is 19.5 Å². The highest BCUT2D eigenvalue weighted by molar-refractivity contribution is 5.92. The average molecular weight is 460 g/mol. The molecule has 2 aromatic heterocycles. The first kappa shape index (κ1) is 21.9. The van der Waals surface area contributed by atoms with E-state index >= 15 is 0 Å². The van der Waals surface area contributed by atoms with Gasteiger partial charge in [-0.1, -0.05) is 19.1 Å². The summed E-state index contributed by atoms with van der Waals surface area (Å²) in [5.74, 6) is -1.00. The fraction of sp³-hybridized carbons (Fsp3) is 0.308. The molecule has 4 heterocycles. The Bertz CT molecular complexity index is 1490. The third kappa shape index (κ3) is 2.91. The zero-order chi connectivity index (χ0) is 24.4. The molecule has 0 bridgehead atoms. The van der Waals surface area contributed by atoms with E-state index in [1.54, 1.807) is 35.8 Å². The van der Waals surface area contributed by atoms with Crippen LogP contribution in [0.3, 0.4) is 0 Å². The maximum atomic E-state index is 13.6. The highest BCUT2D eigenvalue weighted by Crippen LogP contribution is 2.43. The first-order chi connectivity index (χ1) is 16.2. The fourth-order valence-corrected chi connectivity index (χ4v) is 5.11. The van der Waals surface area contributed by atoms with E-state index in [1.807, 2.05) is 6.92 Å². The van der Waals surface area contributed by atoms with Crippen LogP contribution in [0, 0.1) is 0 Å². The molecule has 174 valence electrons. The number of aromatic nitrogens is 2. The van der Waals surface area contributed by atoms with Crippen LogP contribution in [0.5, 0.6) is 5.75 Å². The van der Waals surface area contributed by atoms with Gasteiger partial charge in [0.25, 0.3) is 5.56 Å². The standard InChI is InChI=1S/C26H24N2O6/c1-5-16-17-8-15(30)6-7-21(17)27-23-18(16)10-28-22(23)9-20-19(24(28)31)11-33-25(32)26(20,13(2)3)12-34-14(4)29/h6-9,30H,2,5,10-12H2,1,3-4H3/t26-/m1/s1. The number of nitrogens with zero attached hydrogens (tertiary/aromatic N) is 2. The minimum Gasteiger partial charge on any atom is -0.508 e.